The highest BCUT2D eigenvalue weighted by Crippen LogP contribution is 2.44. The second-order valence-electron chi connectivity index (χ2n) is 9.88. The Hall–Kier alpha value is -2.76. The molecule has 4 atom stereocenters. The molecule has 3 rings (SSSR count). The molecule has 1 fully saturated rings. The largest absolute Gasteiger partial charge is 0.481 e. The third-order valence-corrected chi connectivity index (χ3v) is 6.96. The number of aliphatic hydroxyl groups excluding tert-OH is 2. The van der Waals surface area contributed by atoms with Crippen LogP contribution < -0.4 is 0 Å². The average Bonchev–Trinajstić information content (AvgIpc) is 2.97. The zero-order valence-corrected chi connectivity index (χ0v) is 20.1. The van der Waals surface area contributed by atoms with Crippen LogP contribution in [0.25, 0.3) is 10.8 Å². The first-order chi connectivity index (χ1) is 16.2. The summed E-state index contributed by atoms with van der Waals surface area (Å²) in [6, 6.07) is 14.5. The van der Waals surface area contributed by atoms with Crippen molar-refractivity contribution >= 4 is 22.5 Å². The highest BCUT2D eigenvalue weighted by molar-refractivity contribution is 5.90. The SMILES string of the molecule is CC1(C)C(=O)[C@H](CC=CCCCC(=O)O)[C@@H](C=C[C@@H](O)CCc2ccc3ccccc3c2)[C@@H]1O. The molecule has 0 heterocycles. The summed E-state index contributed by atoms with van der Waals surface area (Å²) >= 11 is 0. The lowest BCUT2D eigenvalue weighted by Gasteiger charge is -2.22. The second kappa shape index (κ2) is 11.6. The summed E-state index contributed by atoms with van der Waals surface area (Å²) in [7, 11) is 0. The molecule has 182 valence electrons. The van der Waals surface area contributed by atoms with Crippen LogP contribution in [-0.2, 0) is 16.0 Å². The lowest BCUT2D eigenvalue weighted by atomic mass is 9.86. The number of benzene rings is 2. The summed E-state index contributed by atoms with van der Waals surface area (Å²) < 4.78 is 0. The molecule has 0 amide bonds. The van der Waals surface area contributed by atoms with E-state index in [1.807, 2.05) is 30.4 Å². The highest BCUT2D eigenvalue weighted by Gasteiger charge is 2.52. The number of aliphatic hydroxyl groups is 2. The van der Waals surface area contributed by atoms with Gasteiger partial charge in [0.25, 0.3) is 0 Å². The number of allylic oxidation sites excluding steroid dienone is 2. The Balaban J connectivity index is 1.59. The van der Waals surface area contributed by atoms with E-state index in [1.165, 1.54) is 10.8 Å². The molecule has 0 saturated heterocycles. The topological polar surface area (TPSA) is 94.8 Å². The predicted molar refractivity (Wildman–Crippen MR) is 134 cm³/mol. The fourth-order valence-corrected chi connectivity index (χ4v) is 4.80. The van der Waals surface area contributed by atoms with Crippen LogP contribution in [-0.4, -0.2) is 39.3 Å². The average molecular weight is 465 g/mol. The fraction of sp³-hybridized carbons (Fsp3) is 0.448. The van der Waals surface area contributed by atoms with Crippen LogP contribution in [0.3, 0.4) is 0 Å². The van der Waals surface area contributed by atoms with Gasteiger partial charge in [0.2, 0.25) is 0 Å². The zero-order chi connectivity index (χ0) is 24.7. The number of carbonyl (C=O) groups excluding carboxylic acids is 1. The van der Waals surface area contributed by atoms with Crippen LogP contribution >= 0.6 is 0 Å². The van der Waals surface area contributed by atoms with Crippen molar-refractivity contribution in [1.82, 2.24) is 0 Å². The van der Waals surface area contributed by atoms with Gasteiger partial charge < -0.3 is 15.3 Å². The monoisotopic (exact) mass is 464 g/mol. The maximum Gasteiger partial charge on any atom is 0.303 e. The van der Waals surface area contributed by atoms with E-state index in [9.17, 15) is 19.8 Å². The molecule has 0 radical (unpaired) electrons. The van der Waals surface area contributed by atoms with Gasteiger partial charge in [-0.1, -0.05) is 80.6 Å². The molecule has 0 bridgehead atoms. The van der Waals surface area contributed by atoms with Gasteiger partial charge in [-0.2, -0.15) is 0 Å². The Labute approximate surface area is 201 Å². The van der Waals surface area contributed by atoms with E-state index in [0.717, 1.165) is 12.0 Å². The Kier molecular flexibility index (Phi) is 8.81. The van der Waals surface area contributed by atoms with Crippen LogP contribution in [0.5, 0.6) is 0 Å². The summed E-state index contributed by atoms with van der Waals surface area (Å²) in [5.74, 6) is -1.50. The maximum absolute atomic E-state index is 13.0. The Morgan fingerprint density at radius 3 is 2.59 bits per heavy atom. The lowest BCUT2D eigenvalue weighted by molar-refractivity contribution is -0.137. The van der Waals surface area contributed by atoms with Gasteiger partial charge in [0.15, 0.2) is 0 Å². The van der Waals surface area contributed by atoms with Crippen LogP contribution in [0.4, 0.5) is 0 Å². The van der Waals surface area contributed by atoms with Crippen LogP contribution in [0.1, 0.15) is 51.5 Å². The molecule has 1 aliphatic rings. The summed E-state index contributed by atoms with van der Waals surface area (Å²) in [5.41, 5.74) is 0.321. The molecule has 2 aromatic rings. The van der Waals surface area contributed by atoms with Crippen molar-refractivity contribution in [3.05, 3.63) is 72.3 Å². The lowest BCUT2D eigenvalue weighted by Crippen LogP contribution is -2.31. The Bertz CT molecular complexity index is 1050. The van der Waals surface area contributed by atoms with E-state index < -0.39 is 23.6 Å². The first-order valence-electron chi connectivity index (χ1n) is 12.1. The van der Waals surface area contributed by atoms with Gasteiger partial charge in [-0.15, -0.1) is 0 Å². The minimum absolute atomic E-state index is 0.0236. The van der Waals surface area contributed by atoms with Crippen molar-refractivity contribution < 1.29 is 24.9 Å². The van der Waals surface area contributed by atoms with Crippen molar-refractivity contribution in [1.29, 1.82) is 0 Å². The Morgan fingerprint density at radius 2 is 1.85 bits per heavy atom. The van der Waals surface area contributed by atoms with Gasteiger partial charge in [0.05, 0.1) is 17.6 Å². The van der Waals surface area contributed by atoms with Gasteiger partial charge in [0, 0.05) is 18.3 Å². The number of carboxylic acids is 1. The van der Waals surface area contributed by atoms with E-state index in [4.69, 9.17) is 5.11 Å². The standard InChI is InChI=1S/C29H36O5/c1-29(2)27(33)24(11-5-3-4-6-12-26(31)32)25(28(29)34)18-17-23(30)16-14-20-13-15-21-9-7-8-10-22(21)19-20/h3,5,7-10,13,15,17-19,23-25,28,30,34H,4,6,11-12,14,16H2,1-2H3,(H,31,32)/t23-,24+,25+,28-/m0/s1. The number of fused-ring (bicyclic) bond motifs is 1. The number of hydrogen-bond acceptors (Lipinski definition) is 4. The summed E-state index contributed by atoms with van der Waals surface area (Å²) in [4.78, 5) is 23.6. The third-order valence-electron chi connectivity index (χ3n) is 6.96. The first-order valence-corrected chi connectivity index (χ1v) is 12.1. The van der Waals surface area contributed by atoms with E-state index in [0.29, 0.717) is 25.7 Å². The number of ketones is 1. The van der Waals surface area contributed by atoms with E-state index in [2.05, 4.69) is 30.3 Å². The molecule has 0 spiro atoms. The molecule has 3 N–H and O–H groups in total. The van der Waals surface area contributed by atoms with Gasteiger partial charge >= 0.3 is 5.97 Å². The third kappa shape index (κ3) is 6.43. The molecule has 0 aliphatic heterocycles. The summed E-state index contributed by atoms with van der Waals surface area (Å²) in [6.07, 6.45) is 8.99. The number of aliphatic carboxylic acids is 1. The maximum atomic E-state index is 13.0. The van der Waals surface area contributed by atoms with Crippen LogP contribution in [0, 0.1) is 17.3 Å². The minimum Gasteiger partial charge on any atom is -0.481 e. The zero-order valence-electron chi connectivity index (χ0n) is 20.1. The summed E-state index contributed by atoms with van der Waals surface area (Å²) in [6.45, 7) is 3.54. The normalized spacial score (nSPS) is 23.3. The predicted octanol–water partition coefficient (Wildman–Crippen LogP) is 5.09. The van der Waals surface area contributed by atoms with Crippen LogP contribution in [0.15, 0.2) is 66.8 Å². The molecule has 2 aromatic carbocycles. The van der Waals surface area contributed by atoms with Gasteiger partial charge in [0.1, 0.15) is 5.78 Å². The molecule has 0 unspecified atom stereocenters. The van der Waals surface area contributed by atoms with Crippen molar-refractivity contribution in [3.63, 3.8) is 0 Å². The number of Topliss-reactive ketones (excluding diaryl/α,β-unsaturated/α-hetero) is 1. The molecule has 34 heavy (non-hydrogen) atoms. The molecule has 5 heteroatoms. The smallest absolute Gasteiger partial charge is 0.303 e. The van der Waals surface area contributed by atoms with Gasteiger partial charge in [-0.05, 0) is 48.4 Å². The Morgan fingerprint density at radius 1 is 1.12 bits per heavy atom. The van der Waals surface area contributed by atoms with Gasteiger partial charge in [-0.25, -0.2) is 0 Å². The molecule has 1 saturated carbocycles. The van der Waals surface area contributed by atoms with Crippen molar-refractivity contribution in [2.75, 3.05) is 0 Å². The van der Waals surface area contributed by atoms with Crippen molar-refractivity contribution in [2.45, 2.75) is 64.6 Å². The first kappa shape index (κ1) is 25.9. The van der Waals surface area contributed by atoms with Crippen LogP contribution in [0.2, 0.25) is 0 Å². The number of hydrogen-bond donors (Lipinski definition) is 3. The molecule has 0 aromatic heterocycles. The number of carboxylic acid groups (broad SMARTS) is 1. The number of aryl methyl sites for hydroxylation is 1. The van der Waals surface area contributed by atoms with Crippen molar-refractivity contribution in [2.24, 2.45) is 17.3 Å². The highest BCUT2D eigenvalue weighted by atomic mass is 16.4. The van der Waals surface area contributed by atoms with E-state index >= 15 is 0 Å². The van der Waals surface area contributed by atoms with Crippen molar-refractivity contribution in [3.8, 4) is 0 Å². The molecular formula is C29H36O5. The quantitative estimate of drug-likeness (QED) is 0.318. The second-order valence-corrected chi connectivity index (χ2v) is 9.88. The van der Waals surface area contributed by atoms with Gasteiger partial charge in [-0.3, -0.25) is 9.59 Å². The summed E-state index contributed by atoms with van der Waals surface area (Å²) in [5, 5.41) is 32.5. The fourth-order valence-electron chi connectivity index (χ4n) is 4.80. The molecule has 5 nitrogen and oxygen atoms in total. The van der Waals surface area contributed by atoms with E-state index in [1.54, 1.807) is 19.9 Å². The minimum atomic E-state index is -0.840. The number of rotatable bonds is 11. The number of carbonyl (C=O) groups is 2. The molecule has 1 aliphatic carbocycles. The number of unbranched alkanes of at least 4 members (excludes halogenated alkanes) is 1. The molecular weight excluding hydrogens is 428 g/mol. The van der Waals surface area contributed by atoms with E-state index in [-0.39, 0.29) is 24.0 Å².